The summed E-state index contributed by atoms with van der Waals surface area (Å²) >= 11 is 0. The van der Waals surface area contributed by atoms with Gasteiger partial charge in [0.1, 0.15) is 0 Å². The van der Waals surface area contributed by atoms with E-state index in [1.165, 1.54) is 5.56 Å². The van der Waals surface area contributed by atoms with Gasteiger partial charge >= 0.3 is 0 Å². The van der Waals surface area contributed by atoms with Crippen molar-refractivity contribution in [1.29, 1.82) is 5.26 Å². The zero-order chi connectivity index (χ0) is 8.55. The summed E-state index contributed by atoms with van der Waals surface area (Å²) in [5, 5.41) is 8.66. The highest BCUT2D eigenvalue weighted by Gasteiger charge is 2.10. The summed E-state index contributed by atoms with van der Waals surface area (Å²) in [6, 6.07) is 7.83. The Labute approximate surface area is 73.9 Å². The van der Waals surface area contributed by atoms with Crippen molar-refractivity contribution in [3.63, 3.8) is 0 Å². The van der Waals surface area contributed by atoms with Crippen molar-refractivity contribution in [1.82, 2.24) is 0 Å². The van der Waals surface area contributed by atoms with Crippen LogP contribution in [0.4, 0.5) is 5.69 Å². The number of hydrogen-bond acceptors (Lipinski definition) is 2. The van der Waals surface area contributed by atoms with Gasteiger partial charge in [-0.1, -0.05) is 10.7 Å². The van der Waals surface area contributed by atoms with Crippen LogP contribution in [0, 0.1) is 11.3 Å². The van der Waals surface area contributed by atoms with Crippen molar-refractivity contribution in [2.75, 3.05) is 6.26 Å². The molecule has 0 bridgehead atoms. The maximum atomic E-state index is 8.66. The van der Waals surface area contributed by atoms with Crippen molar-refractivity contribution >= 4 is 16.4 Å². The third kappa shape index (κ3) is 1.15. The average Bonchev–Trinajstić information content (AvgIpc) is 2.43. The van der Waals surface area contributed by atoms with Gasteiger partial charge in [0.15, 0.2) is 0 Å². The Morgan fingerprint density at radius 3 is 3.17 bits per heavy atom. The number of rotatable bonds is 0. The molecule has 0 N–H and O–H groups in total. The summed E-state index contributed by atoms with van der Waals surface area (Å²) in [4.78, 5) is 0. The van der Waals surface area contributed by atoms with Gasteiger partial charge in [-0.3, -0.25) is 0 Å². The molecule has 0 spiro atoms. The highest BCUT2D eigenvalue weighted by atomic mass is 32.2. The van der Waals surface area contributed by atoms with E-state index < -0.39 is 0 Å². The average molecular weight is 176 g/mol. The van der Waals surface area contributed by atoms with E-state index in [1.54, 1.807) is 0 Å². The Kier molecular flexibility index (Phi) is 1.70. The van der Waals surface area contributed by atoms with Crippen LogP contribution in [0.1, 0.15) is 11.1 Å². The van der Waals surface area contributed by atoms with Gasteiger partial charge in [-0.15, -0.1) is 0 Å². The summed E-state index contributed by atoms with van der Waals surface area (Å²) in [7, 11) is 0.136. The summed E-state index contributed by atoms with van der Waals surface area (Å²) in [6.07, 6.45) is 2.12. The monoisotopic (exact) mass is 176 g/mol. The Hall–Kier alpha value is -1.14. The third-order valence-electron chi connectivity index (χ3n) is 1.83. The van der Waals surface area contributed by atoms with E-state index in [4.69, 9.17) is 5.26 Å². The van der Waals surface area contributed by atoms with E-state index in [0.29, 0.717) is 0 Å². The maximum Gasteiger partial charge on any atom is 0.0991 e. The van der Waals surface area contributed by atoms with Gasteiger partial charge < -0.3 is 0 Å². The number of hydrogen-bond donors (Lipinski definition) is 0. The van der Waals surface area contributed by atoms with Crippen LogP contribution in [0.2, 0.25) is 0 Å². The molecule has 0 amide bonds. The summed E-state index contributed by atoms with van der Waals surface area (Å²) in [5.74, 6) is 1.00. The number of nitriles is 1. The van der Waals surface area contributed by atoms with Gasteiger partial charge in [0, 0.05) is 5.75 Å². The van der Waals surface area contributed by atoms with E-state index in [9.17, 15) is 0 Å². The predicted molar refractivity (Wildman–Crippen MR) is 50.2 cm³/mol. The lowest BCUT2D eigenvalue weighted by atomic mass is 10.1. The minimum Gasteiger partial charge on any atom is -0.228 e. The van der Waals surface area contributed by atoms with E-state index in [0.717, 1.165) is 17.0 Å². The lowest BCUT2D eigenvalue weighted by Crippen LogP contribution is -1.84. The van der Waals surface area contributed by atoms with Crippen molar-refractivity contribution in [2.45, 2.75) is 5.75 Å². The molecular weight excluding hydrogens is 168 g/mol. The first-order valence-electron chi connectivity index (χ1n) is 3.67. The molecule has 60 valence electrons. The van der Waals surface area contributed by atoms with E-state index >= 15 is 0 Å². The molecule has 1 aromatic rings. The van der Waals surface area contributed by atoms with Gasteiger partial charge in [0.2, 0.25) is 0 Å². The second kappa shape index (κ2) is 2.72. The van der Waals surface area contributed by atoms with E-state index in [1.807, 2.05) is 18.2 Å². The Bertz CT molecular complexity index is 401. The Balaban J connectivity index is 2.51. The summed E-state index contributed by atoms with van der Waals surface area (Å²) in [6.45, 7) is 0. The van der Waals surface area contributed by atoms with Crippen molar-refractivity contribution in [3.8, 4) is 6.07 Å². The quantitative estimate of drug-likeness (QED) is 0.596. The van der Waals surface area contributed by atoms with Crippen molar-refractivity contribution in [3.05, 3.63) is 29.3 Å². The Morgan fingerprint density at radius 2 is 2.42 bits per heavy atom. The van der Waals surface area contributed by atoms with Crippen molar-refractivity contribution < 1.29 is 0 Å². The number of benzene rings is 1. The summed E-state index contributed by atoms with van der Waals surface area (Å²) in [5.41, 5.74) is 3.03. The van der Waals surface area contributed by atoms with E-state index in [-0.39, 0.29) is 10.7 Å². The number of nitrogens with zero attached hydrogens (tertiary/aromatic N) is 2. The zero-order valence-electron chi connectivity index (χ0n) is 6.74. The molecule has 1 aromatic carbocycles. The fourth-order valence-corrected chi connectivity index (χ4v) is 2.54. The summed E-state index contributed by atoms with van der Waals surface area (Å²) < 4.78 is 4.45. The van der Waals surface area contributed by atoms with Crippen LogP contribution >= 0.6 is 0 Å². The smallest absolute Gasteiger partial charge is 0.0991 e. The Morgan fingerprint density at radius 1 is 1.58 bits per heavy atom. The van der Waals surface area contributed by atoms with Crippen LogP contribution < -0.4 is 0 Å². The molecule has 0 saturated carbocycles. The lowest BCUT2D eigenvalue weighted by Gasteiger charge is -1.94. The number of fused-ring (bicyclic) bond motifs is 1. The van der Waals surface area contributed by atoms with Crippen LogP contribution in [-0.4, -0.2) is 6.26 Å². The fourth-order valence-electron chi connectivity index (χ4n) is 1.28. The van der Waals surface area contributed by atoms with Gasteiger partial charge in [-0.25, -0.2) is 4.36 Å². The van der Waals surface area contributed by atoms with Gasteiger partial charge in [-0.05, 0) is 30.0 Å². The topological polar surface area (TPSA) is 36.1 Å². The largest absolute Gasteiger partial charge is 0.228 e. The molecule has 1 atom stereocenters. The molecule has 1 heterocycles. The first-order chi connectivity index (χ1) is 5.79. The molecule has 0 radical (unpaired) electrons. The van der Waals surface area contributed by atoms with Gasteiger partial charge in [-0.2, -0.15) is 5.26 Å². The second-order valence-corrected chi connectivity index (χ2v) is 4.46. The molecule has 0 aliphatic carbocycles. The zero-order valence-corrected chi connectivity index (χ0v) is 7.56. The molecule has 2 rings (SSSR count). The van der Waals surface area contributed by atoms with Crippen LogP contribution in [0.3, 0.4) is 0 Å². The van der Waals surface area contributed by atoms with Crippen LogP contribution in [-0.2, 0) is 16.4 Å². The normalized spacial score (nSPS) is 19.5. The maximum absolute atomic E-state index is 8.66. The molecule has 0 saturated heterocycles. The first kappa shape index (κ1) is 7.51. The van der Waals surface area contributed by atoms with Crippen LogP contribution in [0.15, 0.2) is 22.6 Å². The highest BCUT2D eigenvalue weighted by Crippen LogP contribution is 2.28. The molecule has 1 aliphatic rings. The fraction of sp³-hybridized carbons (Fsp3) is 0.222. The third-order valence-corrected chi connectivity index (χ3v) is 3.06. The SMILES string of the molecule is CS1=Nc2ccc(C#N)cc2C1. The molecule has 12 heavy (non-hydrogen) atoms. The molecule has 2 nitrogen and oxygen atoms in total. The van der Waals surface area contributed by atoms with Gasteiger partial charge in [0.25, 0.3) is 0 Å². The molecular formula is C9H8N2S. The van der Waals surface area contributed by atoms with Gasteiger partial charge in [0.05, 0.1) is 17.3 Å². The molecule has 1 aliphatic heterocycles. The lowest BCUT2D eigenvalue weighted by molar-refractivity contribution is 1.39. The predicted octanol–water partition coefficient (Wildman–Crippen LogP) is 2.14. The molecule has 0 aromatic heterocycles. The molecule has 0 fully saturated rings. The van der Waals surface area contributed by atoms with Crippen LogP contribution in [0.25, 0.3) is 0 Å². The highest BCUT2D eigenvalue weighted by molar-refractivity contribution is 7.86. The second-order valence-electron chi connectivity index (χ2n) is 2.79. The first-order valence-corrected chi connectivity index (χ1v) is 5.43. The standard InChI is InChI=1S/C9H8N2S/c1-12-6-8-4-7(5-10)2-3-9(8)11-12/h2-4H,6H2,1H3. The van der Waals surface area contributed by atoms with Crippen LogP contribution in [0.5, 0.6) is 0 Å². The molecule has 3 heteroatoms. The minimum atomic E-state index is 0.136. The van der Waals surface area contributed by atoms with Crippen molar-refractivity contribution in [2.24, 2.45) is 4.36 Å². The minimum absolute atomic E-state index is 0.136. The van der Waals surface area contributed by atoms with E-state index in [2.05, 4.69) is 16.7 Å². The molecule has 1 unspecified atom stereocenters.